The zero-order valence-electron chi connectivity index (χ0n) is 13.1. The van der Waals surface area contributed by atoms with E-state index in [0.717, 1.165) is 12.8 Å². The molecule has 1 saturated heterocycles. The van der Waals surface area contributed by atoms with Gasteiger partial charge in [0.05, 0.1) is 6.04 Å². The highest BCUT2D eigenvalue weighted by molar-refractivity contribution is 5.84. The Morgan fingerprint density at radius 1 is 1.05 bits per heavy atom. The lowest BCUT2D eigenvalue weighted by molar-refractivity contribution is -0.132. The second kappa shape index (κ2) is 6.18. The fourth-order valence-electron chi connectivity index (χ4n) is 3.67. The molecule has 0 bridgehead atoms. The Hall–Kier alpha value is -1.35. The Labute approximate surface area is 127 Å². The third-order valence-electron chi connectivity index (χ3n) is 4.92. The summed E-state index contributed by atoms with van der Waals surface area (Å²) in [6.45, 7) is 4.09. The van der Waals surface area contributed by atoms with Crippen LogP contribution in [0.25, 0.3) is 0 Å². The molecule has 2 fully saturated rings. The maximum Gasteiger partial charge on any atom is 0.241 e. The average molecular weight is 286 g/mol. The maximum atomic E-state index is 12.6. The fraction of sp³-hybridized carbons (Fsp3) is 0.611. The van der Waals surface area contributed by atoms with Crippen LogP contribution in [0, 0.1) is 6.92 Å². The number of rotatable bonds is 2. The van der Waals surface area contributed by atoms with Gasteiger partial charge in [-0.25, -0.2) is 0 Å². The van der Waals surface area contributed by atoms with Gasteiger partial charge in [-0.1, -0.05) is 55.5 Å². The highest BCUT2D eigenvalue weighted by Gasteiger charge is 2.40. The van der Waals surface area contributed by atoms with E-state index in [2.05, 4.69) is 41.4 Å². The van der Waals surface area contributed by atoms with Gasteiger partial charge >= 0.3 is 0 Å². The van der Waals surface area contributed by atoms with Crippen molar-refractivity contribution in [3.63, 3.8) is 0 Å². The van der Waals surface area contributed by atoms with E-state index in [1.165, 1.54) is 36.8 Å². The second-order valence-corrected chi connectivity index (χ2v) is 6.59. The lowest BCUT2D eigenvalue weighted by atomic mass is 10.0. The van der Waals surface area contributed by atoms with Crippen molar-refractivity contribution in [1.29, 1.82) is 0 Å². The Bertz CT molecular complexity index is 488. The molecule has 3 heteroatoms. The van der Waals surface area contributed by atoms with Crippen LogP contribution in [0.2, 0.25) is 0 Å². The Morgan fingerprint density at radius 3 is 2.29 bits per heavy atom. The molecule has 21 heavy (non-hydrogen) atoms. The normalized spacial score (nSPS) is 27.9. The first-order valence-electron chi connectivity index (χ1n) is 8.31. The van der Waals surface area contributed by atoms with Crippen LogP contribution in [-0.2, 0) is 4.79 Å². The van der Waals surface area contributed by atoms with Crippen LogP contribution < -0.4 is 5.32 Å². The predicted octanol–water partition coefficient (Wildman–Crippen LogP) is 3.54. The molecule has 2 atom stereocenters. The zero-order chi connectivity index (χ0) is 14.8. The van der Waals surface area contributed by atoms with E-state index >= 15 is 0 Å². The van der Waals surface area contributed by atoms with E-state index in [9.17, 15) is 4.79 Å². The van der Waals surface area contributed by atoms with Gasteiger partial charge in [0, 0.05) is 6.04 Å². The molecule has 3 nitrogen and oxygen atoms in total. The monoisotopic (exact) mass is 286 g/mol. The van der Waals surface area contributed by atoms with E-state index in [1.54, 1.807) is 0 Å². The summed E-state index contributed by atoms with van der Waals surface area (Å²) in [6.07, 6.45) is 7.50. The lowest BCUT2D eigenvalue weighted by Crippen LogP contribution is -2.39. The first kappa shape index (κ1) is 14.6. The van der Waals surface area contributed by atoms with Gasteiger partial charge < -0.3 is 4.90 Å². The molecule has 1 amide bonds. The third kappa shape index (κ3) is 2.98. The molecule has 0 radical (unpaired) electrons. The van der Waals surface area contributed by atoms with Gasteiger partial charge in [0.15, 0.2) is 0 Å². The van der Waals surface area contributed by atoms with Crippen molar-refractivity contribution in [3.05, 3.63) is 35.4 Å². The molecule has 1 aliphatic carbocycles. The number of benzene rings is 1. The van der Waals surface area contributed by atoms with Crippen molar-refractivity contribution in [1.82, 2.24) is 10.2 Å². The average Bonchev–Trinajstić information content (AvgIpc) is 2.69. The van der Waals surface area contributed by atoms with Gasteiger partial charge in [-0.15, -0.1) is 0 Å². The minimum absolute atomic E-state index is 0.0520. The number of carbonyl (C=O) groups excluding carboxylic acids is 1. The quantitative estimate of drug-likeness (QED) is 0.843. The molecule has 2 aliphatic rings. The first-order chi connectivity index (χ1) is 10.2. The van der Waals surface area contributed by atoms with Gasteiger partial charge in [0.2, 0.25) is 5.91 Å². The van der Waals surface area contributed by atoms with Gasteiger partial charge in [-0.05, 0) is 32.3 Å². The van der Waals surface area contributed by atoms with Crippen molar-refractivity contribution in [3.8, 4) is 0 Å². The minimum atomic E-state index is -0.0699. The SMILES string of the molecule is Cc1ccc(C2NC(C)C(=O)N2C2CCCCCC2)cc1. The molecular weight excluding hydrogens is 260 g/mol. The molecule has 1 N–H and O–H groups in total. The van der Waals surface area contributed by atoms with Crippen LogP contribution in [-0.4, -0.2) is 22.9 Å². The largest absolute Gasteiger partial charge is 0.319 e. The number of hydrogen-bond donors (Lipinski definition) is 1. The number of aryl methyl sites for hydroxylation is 1. The predicted molar refractivity (Wildman–Crippen MR) is 84.9 cm³/mol. The second-order valence-electron chi connectivity index (χ2n) is 6.59. The van der Waals surface area contributed by atoms with Crippen LogP contribution in [0.5, 0.6) is 0 Å². The summed E-state index contributed by atoms with van der Waals surface area (Å²) in [7, 11) is 0. The topological polar surface area (TPSA) is 32.3 Å². The standard InChI is InChI=1S/C18H26N2O/c1-13-9-11-15(12-10-13)17-19-14(2)18(21)20(17)16-7-5-3-4-6-8-16/h9-12,14,16-17,19H,3-8H2,1-2H3. The molecule has 0 spiro atoms. The molecule has 1 aromatic rings. The highest BCUT2D eigenvalue weighted by atomic mass is 16.2. The van der Waals surface area contributed by atoms with E-state index in [1.807, 2.05) is 6.92 Å². The zero-order valence-corrected chi connectivity index (χ0v) is 13.1. The summed E-state index contributed by atoms with van der Waals surface area (Å²) in [5, 5.41) is 3.48. The van der Waals surface area contributed by atoms with Crippen molar-refractivity contribution in [2.24, 2.45) is 0 Å². The fourth-order valence-corrected chi connectivity index (χ4v) is 3.67. The van der Waals surface area contributed by atoms with E-state index in [-0.39, 0.29) is 18.1 Å². The summed E-state index contributed by atoms with van der Waals surface area (Å²) >= 11 is 0. The molecule has 3 rings (SSSR count). The smallest absolute Gasteiger partial charge is 0.241 e. The molecule has 1 heterocycles. The van der Waals surface area contributed by atoms with Gasteiger partial charge in [0.25, 0.3) is 0 Å². The van der Waals surface area contributed by atoms with Crippen LogP contribution >= 0.6 is 0 Å². The van der Waals surface area contributed by atoms with E-state index < -0.39 is 0 Å². The first-order valence-corrected chi connectivity index (χ1v) is 8.31. The van der Waals surface area contributed by atoms with Gasteiger partial charge in [-0.2, -0.15) is 0 Å². The Kier molecular flexibility index (Phi) is 4.29. The molecule has 1 aliphatic heterocycles. The number of nitrogens with zero attached hydrogens (tertiary/aromatic N) is 1. The summed E-state index contributed by atoms with van der Waals surface area (Å²) in [6, 6.07) is 8.92. The van der Waals surface area contributed by atoms with E-state index in [0.29, 0.717) is 6.04 Å². The lowest BCUT2D eigenvalue weighted by Gasteiger charge is -2.32. The third-order valence-corrected chi connectivity index (χ3v) is 4.92. The molecule has 1 aromatic carbocycles. The summed E-state index contributed by atoms with van der Waals surface area (Å²) in [4.78, 5) is 14.8. The number of carbonyl (C=O) groups is 1. The molecular formula is C18H26N2O. The molecule has 0 aromatic heterocycles. The van der Waals surface area contributed by atoms with Crippen LogP contribution in [0.15, 0.2) is 24.3 Å². The number of amides is 1. The summed E-state index contributed by atoms with van der Waals surface area (Å²) in [5.41, 5.74) is 2.47. The van der Waals surface area contributed by atoms with Crippen molar-refractivity contribution < 1.29 is 4.79 Å². The van der Waals surface area contributed by atoms with Crippen molar-refractivity contribution >= 4 is 5.91 Å². The summed E-state index contributed by atoms with van der Waals surface area (Å²) in [5.74, 6) is 0.271. The van der Waals surface area contributed by atoms with Gasteiger partial charge in [-0.3, -0.25) is 10.1 Å². The van der Waals surface area contributed by atoms with Crippen molar-refractivity contribution in [2.75, 3.05) is 0 Å². The van der Waals surface area contributed by atoms with Crippen LogP contribution in [0.3, 0.4) is 0 Å². The highest BCUT2D eigenvalue weighted by Crippen LogP contribution is 2.33. The maximum absolute atomic E-state index is 12.6. The minimum Gasteiger partial charge on any atom is -0.319 e. The summed E-state index contributed by atoms with van der Waals surface area (Å²) < 4.78 is 0. The molecule has 1 saturated carbocycles. The molecule has 114 valence electrons. The van der Waals surface area contributed by atoms with Crippen molar-refractivity contribution in [2.45, 2.75) is 70.6 Å². The van der Waals surface area contributed by atoms with E-state index in [4.69, 9.17) is 0 Å². The number of hydrogen-bond acceptors (Lipinski definition) is 2. The molecule has 2 unspecified atom stereocenters. The van der Waals surface area contributed by atoms with Gasteiger partial charge in [0.1, 0.15) is 6.17 Å². The Balaban J connectivity index is 1.86. The Morgan fingerprint density at radius 2 is 1.67 bits per heavy atom. The number of nitrogens with one attached hydrogen (secondary N) is 1. The van der Waals surface area contributed by atoms with Crippen LogP contribution in [0.1, 0.15) is 62.7 Å². The van der Waals surface area contributed by atoms with Crippen LogP contribution in [0.4, 0.5) is 0 Å².